The summed E-state index contributed by atoms with van der Waals surface area (Å²) in [6.07, 6.45) is 3.76. The van der Waals surface area contributed by atoms with Gasteiger partial charge in [0.05, 0.1) is 7.11 Å². The van der Waals surface area contributed by atoms with E-state index in [1.165, 1.54) is 21.0 Å². The summed E-state index contributed by atoms with van der Waals surface area (Å²) >= 11 is 0. The molecule has 2 aromatic carbocycles. The van der Waals surface area contributed by atoms with Gasteiger partial charge in [0.15, 0.2) is 11.5 Å². The van der Waals surface area contributed by atoms with E-state index in [0.29, 0.717) is 5.75 Å². The Morgan fingerprint density at radius 2 is 1.42 bits per heavy atom. The molecule has 2 aromatic rings. The second-order valence-electron chi connectivity index (χ2n) is 4.98. The van der Waals surface area contributed by atoms with Crippen LogP contribution in [0.25, 0.3) is 12.2 Å². The Morgan fingerprint density at radius 1 is 0.833 bits per heavy atom. The zero-order chi connectivity index (χ0) is 17.5. The molecule has 0 fully saturated rings. The minimum Gasteiger partial charge on any atom is -0.493 e. The highest BCUT2D eigenvalue weighted by Crippen LogP contribution is 2.39. The van der Waals surface area contributed by atoms with Crippen molar-refractivity contribution in [2.24, 2.45) is 0 Å². The molecule has 0 radical (unpaired) electrons. The van der Waals surface area contributed by atoms with Gasteiger partial charge in [-0.15, -0.1) is 0 Å². The molecule has 0 amide bonds. The van der Waals surface area contributed by atoms with Gasteiger partial charge in [-0.05, 0) is 23.3 Å². The lowest BCUT2D eigenvalue weighted by atomic mass is 10.1. The first kappa shape index (κ1) is 17.3. The number of hydrogen-bond acceptors (Lipinski definition) is 5. The maximum atomic E-state index is 11.3. The summed E-state index contributed by atoms with van der Waals surface area (Å²) in [7, 11) is 1.45. The lowest BCUT2D eigenvalue weighted by Crippen LogP contribution is -2.08. The second kappa shape index (κ2) is 7.97. The maximum absolute atomic E-state index is 11.3. The van der Waals surface area contributed by atoms with Crippen molar-refractivity contribution < 1.29 is 23.8 Å². The molecule has 0 aliphatic rings. The van der Waals surface area contributed by atoms with Crippen LogP contribution in [0.5, 0.6) is 17.2 Å². The molecule has 0 atom stereocenters. The molecule has 0 N–H and O–H groups in total. The molecule has 0 aromatic heterocycles. The summed E-state index contributed by atoms with van der Waals surface area (Å²) in [5, 5.41) is 0. The molecule has 2 rings (SSSR count). The van der Waals surface area contributed by atoms with Crippen molar-refractivity contribution in [2.75, 3.05) is 7.11 Å². The monoisotopic (exact) mass is 326 g/mol. The molecule has 0 spiro atoms. The zero-order valence-electron chi connectivity index (χ0n) is 13.7. The van der Waals surface area contributed by atoms with Crippen LogP contribution in [0.2, 0.25) is 0 Å². The summed E-state index contributed by atoms with van der Waals surface area (Å²) in [4.78, 5) is 22.6. The van der Waals surface area contributed by atoms with Crippen LogP contribution in [-0.4, -0.2) is 19.0 Å². The zero-order valence-corrected chi connectivity index (χ0v) is 13.7. The van der Waals surface area contributed by atoms with Crippen molar-refractivity contribution in [1.82, 2.24) is 0 Å². The van der Waals surface area contributed by atoms with Crippen molar-refractivity contribution in [2.45, 2.75) is 13.8 Å². The molecule has 0 aliphatic heterocycles. The predicted molar refractivity (Wildman–Crippen MR) is 91.0 cm³/mol. The average Bonchev–Trinajstić information content (AvgIpc) is 2.54. The Labute approximate surface area is 140 Å². The van der Waals surface area contributed by atoms with Crippen LogP contribution in [-0.2, 0) is 9.59 Å². The molecule has 0 bridgehead atoms. The minimum atomic E-state index is -0.533. The van der Waals surface area contributed by atoms with Gasteiger partial charge in [-0.2, -0.15) is 0 Å². The number of esters is 2. The first-order valence-electron chi connectivity index (χ1n) is 7.31. The molecule has 5 heteroatoms. The van der Waals surface area contributed by atoms with E-state index in [-0.39, 0.29) is 11.5 Å². The van der Waals surface area contributed by atoms with Crippen molar-refractivity contribution in [1.29, 1.82) is 0 Å². The molecule has 24 heavy (non-hydrogen) atoms. The molecule has 0 saturated carbocycles. The molecular weight excluding hydrogens is 308 g/mol. The van der Waals surface area contributed by atoms with Crippen molar-refractivity contribution in [3.05, 3.63) is 53.6 Å². The van der Waals surface area contributed by atoms with Gasteiger partial charge in [-0.25, -0.2) is 0 Å². The number of hydrogen-bond donors (Lipinski definition) is 0. The SMILES string of the molecule is COc1cc(/C=C/c2ccccc2)cc(OC(C)=O)c1OC(C)=O. The van der Waals surface area contributed by atoms with E-state index in [9.17, 15) is 9.59 Å². The Balaban J connectivity index is 2.44. The Kier molecular flexibility index (Phi) is 5.73. The molecule has 124 valence electrons. The number of benzene rings is 2. The van der Waals surface area contributed by atoms with Gasteiger partial charge < -0.3 is 14.2 Å². The molecule has 0 heterocycles. The van der Waals surface area contributed by atoms with E-state index in [2.05, 4.69) is 0 Å². The second-order valence-corrected chi connectivity index (χ2v) is 4.98. The quantitative estimate of drug-likeness (QED) is 0.476. The summed E-state index contributed by atoms with van der Waals surface area (Å²) in [5.41, 5.74) is 1.76. The third-order valence-corrected chi connectivity index (χ3v) is 3.03. The van der Waals surface area contributed by atoms with Crippen molar-refractivity contribution >= 4 is 24.1 Å². The molecule has 0 saturated heterocycles. The lowest BCUT2D eigenvalue weighted by Gasteiger charge is -2.13. The standard InChI is InChI=1S/C19H18O5/c1-13(20)23-18-12-16(10-9-15-7-5-4-6-8-15)11-17(22-3)19(18)24-14(2)21/h4-12H,1-3H3/b10-9+. The van der Waals surface area contributed by atoms with Crippen LogP contribution in [0.3, 0.4) is 0 Å². The normalized spacial score (nSPS) is 10.5. The molecule has 0 unspecified atom stereocenters. The third kappa shape index (κ3) is 4.71. The van der Waals surface area contributed by atoms with Gasteiger partial charge in [0.25, 0.3) is 0 Å². The van der Waals surface area contributed by atoms with Gasteiger partial charge in [0, 0.05) is 13.8 Å². The van der Waals surface area contributed by atoms with Crippen molar-refractivity contribution in [3.63, 3.8) is 0 Å². The topological polar surface area (TPSA) is 61.8 Å². The third-order valence-electron chi connectivity index (χ3n) is 3.03. The fourth-order valence-electron chi connectivity index (χ4n) is 2.08. The van der Waals surface area contributed by atoms with E-state index in [4.69, 9.17) is 14.2 Å². The van der Waals surface area contributed by atoms with Crippen molar-refractivity contribution in [3.8, 4) is 17.2 Å². The lowest BCUT2D eigenvalue weighted by molar-refractivity contribution is -0.134. The van der Waals surface area contributed by atoms with E-state index in [0.717, 1.165) is 11.1 Å². The fourth-order valence-corrected chi connectivity index (χ4v) is 2.08. The summed E-state index contributed by atoms with van der Waals surface area (Å²) in [5.74, 6) is -0.539. The number of ether oxygens (including phenoxy) is 3. The minimum absolute atomic E-state index is 0.0806. The number of carbonyl (C=O) groups excluding carboxylic acids is 2. The number of methoxy groups -OCH3 is 1. The van der Waals surface area contributed by atoms with Gasteiger partial charge in [0.1, 0.15) is 0 Å². The van der Waals surface area contributed by atoms with Crippen LogP contribution >= 0.6 is 0 Å². The van der Waals surface area contributed by atoms with Gasteiger partial charge in [-0.1, -0.05) is 42.5 Å². The van der Waals surface area contributed by atoms with Gasteiger partial charge >= 0.3 is 11.9 Å². The highest BCUT2D eigenvalue weighted by atomic mass is 16.6. The van der Waals surface area contributed by atoms with Crippen LogP contribution < -0.4 is 14.2 Å². The Hall–Kier alpha value is -3.08. The summed E-state index contributed by atoms with van der Waals surface area (Å²) < 4.78 is 15.5. The molecule has 0 aliphatic carbocycles. The highest BCUT2D eigenvalue weighted by molar-refractivity contribution is 5.78. The van der Waals surface area contributed by atoms with Crippen LogP contribution in [0.15, 0.2) is 42.5 Å². The average molecular weight is 326 g/mol. The Bertz CT molecular complexity index is 763. The highest BCUT2D eigenvalue weighted by Gasteiger charge is 2.17. The Morgan fingerprint density at radius 3 is 2.00 bits per heavy atom. The van der Waals surface area contributed by atoms with E-state index in [1.54, 1.807) is 12.1 Å². The summed E-state index contributed by atoms with van der Waals surface area (Å²) in [6.45, 7) is 2.54. The smallest absolute Gasteiger partial charge is 0.308 e. The van der Waals surface area contributed by atoms with E-state index < -0.39 is 11.9 Å². The van der Waals surface area contributed by atoms with E-state index >= 15 is 0 Å². The van der Waals surface area contributed by atoms with Gasteiger partial charge in [0.2, 0.25) is 5.75 Å². The first-order chi connectivity index (χ1) is 11.5. The number of rotatable bonds is 5. The molecular formula is C19H18O5. The van der Waals surface area contributed by atoms with Gasteiger partial charge in [-0.3, -0.25) is 9.59 Å². The fraction of sp³-hybridized carbons (Fsp3) is 0.158. The molecule has 5 nitrogen and oxygen atoms in total. The summed E-state index contributed by atoms with van der Waals surface area (Å²) in [6, 6.07) is 13.1. The van der Waals surface area contributed by atoms with E-state index in [1.807, 2.05) is 42.5 Å². The van der Waals surface area contributed by atoms with Crippen LogP contribution in [0.4, 0.5) is 0 Å². The van der Waals surface area contributed by atoms with Crippen LogP contribution in [0, 0.1) is 0 Å². The number of carbonyl (C=O) groups is 2. The largest absolute Gasteiger partial charge is 0.493 e. The first-order valence-corrected chi connectivity index (χ1v) is 7.31. The predicted octanol–water partition coefficient (Wildman–Crippen LogP) is 3.72. The maximum Gasteiger partial charge on any atom is 0.308 e. The van der Waals surface area contributed by atoms with Crippen LogP contribution in [0.1, 0.15) is 25.0 Å².